The Hall–Kier alpha value is -7.07. The van der Waals surface area contributed by atoms with Crippen LogP contribution in [0.3, 0.4) is 0 Å². The second-order valence-electron chi connectivity index (χ2n) is 31.5. The average Bonchev–Trinajstić information content (AvgIpc) is 1.73. The van der Waals surface area contributed by atoms with Crippen molar-refractivity contribution in [3.63, 3.8) is 0 Å². The number of nitrogens with zero attached hydrogens (tertiary/aromatic N) is 6. The minimum Gasteiger partial charge on any atom is -0.477 e. The first-order valence-corrected chi connectivity index (χ1v) is 37.6. The summed E-state index contributed by atoms with van der Waals surface area (Å²) in [5, 5.41) is 31.2. The third kappa shape index (κ3) is 24.5. The monoisotopic (exact) mass is 1450 g/mol. The zero-order valence-electron chi connectivity index (χ0n) is 64.4. The van der Waals surface area contributed by atoms with Crippen molar-refractivity contribution in [2.75, 3.05) is 71.2 Å². The van der Waals surface area contributed by atoms with E-state index in [2.05, 4.69) is 56.3 Å². The highest BCUT2D eigenvalue weighted by Gasteiger charge is 2.45. The Morgan fingerprint density at radius 3 is 0.881 bits per heavy atom. The van der Waals surface area contributed by atoms with Gasteiger partial charge in [-0.05, 0) is 195 Å². The Morgan fingerprint density at radius 1 is 0.426 bits per heavy atom. The second-order valence-corrected chi connectivity index (χ2v) is 34.7. The van der Waals surface area contributed by atoms with E-state index in [9.17, 15) is 58.5 Å². The number of carbonyl (C=O) groups is 9. The number of methoxy groups -OCH3 is 2. The summed E-state index contributed by atoms with van der Waals surface area (Å²) in [6.07, 6.45) is 7.53. The van der Waals surface area contributed by atoms with E-state index in [1.54, 1.807) is 65.4 Å². The van der Waals surface area contributed by atoms with Crippen molar-refractivity contribution in [3.05, 3.63) is 47.5 Å². The predicted octanol–water partition coefficient (Wildman–Crippen LogP) is 13.0. The molecule has 0 bridgehead atoms. The number of ether oxygens (including phenoxy) is 2. The van der Waals surface area contributed by atoms with Crippen LogP contribution in [0.15, 0.2) is 18.2 Å². The van der Waals surface area contributed by atoms with Crippen LogP contribution in [0, 0.1) is 93.2 Å². The molecule has 3 saturated carbocycles. The number of carboxylic acids is 1. The third-order valence-electron chi connectivity index (χ3n) is 17.8. The van der Waals surface area contributed by atoms with Crippen molar-refractivity contribution in [2.45, 2.75) is 218 Å². The standard InChI is InChI=1S/C27H40N2O4S.C26H38N2O5S.C25H36N2O5S/c1-17(2)22(25(31)28(7)8)29(24(30)19-12-10-18(3)11-13-19)21-16-20(14-15-27(4,5)6)34-23(21)26(32)33-9;1-16-9-11-18(12-10-16)23(30)28(21(17(2)29)24(31)27(6)7)20-15-19(13-14-26(3,4)5)34-22(20)25(32)33-8;1-15-8-10-17(11-9-15)22(29)27(20(16(2)28)23(30)26(6)7)19-14-18(12-13-25(3,4)5)33-21(19)24(31)32/h16-19,22H,10-13H2,1-9H3;15-18,21,29H,9-12H2,1-8H3;14-17,20,28H,8-11H2,1-7H3,(H,31,32)/t18?,19?,22-;16?,17-,18?,21+;15?,16-,17?,20+/m011/s1. The van der Waals surface area contributed by atoms with Crippen LogP contribution in [-0.2, 0) is 38.2 Å². The number of rotatable bonds is 18. The lowest BCUT2D eigenvalue weighted by Gasteiger charge is -2.38. The fourth-order valence-electron chi connectivity index (χ4n) is 12.1. The van der Waals surface area contributed by atoms with Crippen LogP contribution in [0.4, 0.5) is 17.1 Å². The fraction of sp³-hybridized carbons (Fsp3) is 0.654. The highest BCUT2D eigenvalue weighted by Crippen LogP contribution is 2.42. The van der Waals surface area contributed by atoms with Gasteiger partial charge in [-0.3, -0.25) is 43.5 Å². The van der Waals surface area contributed by atoms with Crippen molar-refractivity contribution in [2.24, 2.45) is 57.7 Å². The van der Waals surface area contributed by atoms with Gasteiger partial charge in [-0.25, -0.2) is 14.4 Å². The number of aliphatic hydroxyl groups is 2. The van der Waals surface area contributed by atoms with Crippen LogP contribution in [0.5, 0.6) is 0 Å². The van der Waals surface area contributed by atoms with Crippen LogP contribution in [0.2, 0.25) is 0 Å². The number of amides is 6. The Balaban J connectivity index is 0.000000321. The molecule has 20 nitrogen and oxygen atoms in total. The number of carbonyl (C=O) groups excluding carboxylic acids is 8. The number of carboxylic acid groups (broad SMARTS) is 1. The van der Waals surface area contributed by atoms with E-state index in [4.69, 9.17) is 9.47 Å². The van der Waals surface area contributed by atoms with Crippen LogP contribution < -0.4 is 14.7 Å². The molecular weight excluding hydrogens is 1340 g/mol. The van der Waals surface area contributed by atoms with Crippen LogP contribution in [0.25, 0.3) is 0 Å². The zero-order valence-corrected chi connectivity index (χ0v) is 66.8. The maximum absolute atomic E-state index is 14.0. The lowest BCUT2D eigenvalue weighted by atomic mass is 9.81. The molecule has 23 heteroatoms. The topological polar surface area (TPSA) is 252 Å². The number of aliphatic hydroxyl groups excluding tert-OH is 2. The van der Waals surface area contributed by atoms with Crippen molar-refractivity contribution in [3.8, 4) is 35.5 Å². The van der Waals surface area contributed by atoms with Gasteiger partial charge in [-0.2, -0.15) is 0 Å². The molecule has 3 aromatic heterocycles. The lowest BCUT2D eigenvalue weighted by molar-refractivity contribution is -0.136. The zero-order chi connectivity index (χ0) is 76.7. The maximum Gasteiger partial charge on any atom is 0.350 e. The summed E-state index contributed by atoms with van der Waals surface area (Å²) < 4.78 is 10.1. The van der Waals surface area contributed by atoms with Gasteiger partial charge in [0.25, 0.3) is 0 Å². The number of thiophene rings is 3. The molecule has 101 heavy (non-hydrogen) atoms. The minimum absolute atomic E-state index is 0.0667. The number of aromatic carboxylic acids is 1. The van der Waals surface area contributed by atoms with Crippen LogP contribution in [0.1, 0.15) is 231 Å². The number of hydrogen-bond acceptors (Lipinski definition) is 16. The Labute approximate surface area is 613 Å². The van der Waals surface area contributed by atoms with Gasteiger partial charge in [-0.1, -0.05) is 70.1 Å². The van der Waals surface area contributed by atoms with Crippen molar-refractivity contribution < 1.29 is 67.9 Å². The molecule has 3 N–H and O–H groups in total. The number of hydrogen-bond donors (Lipinski definition) is 3. The molecule has 3 heterocycles. The molecule has 558 valence electrons. The van der Waals surface area contributed by atoms with Gasteiger partial charge >= 0.3 is 17.9 Å². The van der Waals surface area contributed by atoms with Gasteiger partial charge in [-0.15, -0.1) is 34.0 Å². The Kier molecular flexibility index (Phi) is 32.0. The first-order chi connectivity index (χ1) is 46.7. The quantitative estimate of drug-likeness (QED) is 0.0791. The molecule has 0 unspecified atom stereocenters. The van der Waals surface area contributed by atoms with Gasteiger partial charge < -0.3 is 39.5 Å². The van der Waals surface area contributed by atoms with Crippen LogP contribution >= 0.6 is 34.0 Å². The second kappa shape index (κ2) is 37.4. The van der Waals surface area contributed by atoms with Gasteiger partial charge in [0.1, 0.15) is 32.8 Å². The first kappa shape index (κ1) is 86.3. The van der Waals surface area contributed by atoms with Crippen molar-refractivity contribution in [1.82, 2.24) is 14.7 Å². The number of esters is 2. The van der Waals surface area contributed by atoms with Crippen molar-refractivity contribution >= 4 is 104 Å². The fourth-order valence-corrected chi connectivity index (χ4v) is 14.8. The molecule has 6 rings (SSSR count). The van der Waals surface area contributed by atoms with Crippen LogP contribution in [-0.4, -0.2) is 170 Å². The molecule has 0 saturated heterocycles. The Bertz CT molecular complexity index is 3430. The molecule has 3 aromatic rings. The van der Waals surface area contributed by atoms with E-state index in [0.29, 0.717) is 68.6 Å². The number of likely N-dealkylation sites (N-methyl/N-ethyl adjacent to an activating group) is 3. The van der Waals surface area contributed by atoms with Gasteiger partial charge in [0.2, 0.25) is 35.4 Å². The smallest absolute Gasteiger partial charge is 0.350 e. The summed E-state index contributed by atoms with van der Waals surface area (Å²) in [4.78, 5) is 130. The van der Waals surface area contributed by atoms with E-state index >= 15 is 0 Å². The molecular formula is C78H114N6O14S3. The van der Waals surface area contributed by atoms with E-state index in [1.165, 1.54) is 63.9 Å². The molecule has 3 aliphatic carbocycles. The predicted molar refractivity (Wildman–Crippen MR) is 403 cm³/mol. The summed E-state index contributed by atoms with van der Waals surface area (Å²) >= 11 is 3.31. The molecule has 0 radical (unpaired) electrons. The summed E-state index contributed by atoms with van der Waals surface area (Å²) in [7, 11) is 12.2. The van der Waals surface area contributed by atoms with Gasteiger partial charge in [0, 0.05) is 76.3 Å². The average molecular weight is 1460 g/mol. The molecule has 5 atom stereocenters. The summed E-state index contributed by atoms with van der Waals surface area (Å²) in [5.41, 5.74) is 0.0473. The molecule has 0 spiro atoms. The van der Waals surface area contributed by atoms with Gasteiger partial charge in [0.15, 0.2) is 0 Å². The summed E-state index contributed by atoms with van der Waals surface area (Å²) in [6, 6.07) is 1.86. The number of anilines is 3. The highest BCUT2D eigenvalue weighted by molar-refractivity contribution is 7.16. The third-order valence-corrected chi connectivity index (χ3v) is 20.9. The van der Waals surface area contributed by atoms with E-state index in [-0.39, 0.29) is 84.7 Å². The molecule has 3 fully saturated rings. The first-order valence-electron chi connectivity index (χ1n) is 35.2. The summed E-state index contributed by atoms with van der Waals surface area (Å²) in [5.74, 6) is 15.3. The van der Waals surface area contributed by atoms with E-state index in [0.717, 1.165) is 74.0 Å². The largest absolute Gasteiger partial charge is 0.477 e. The molecule has 3 aliphatic rings. The lowest BCUT2D eigenvalue weighted by Crippen LogP contribution is -2.56. The minimum atomic E-state index is -1.23. The van der Waals surface area contributed by atoms with Gasteiger partial charge in [0.05, 0.1) is 58.1 Å². The van der Waals surface area contributed by atoms with E-state index in [1.807, 2.05) is 76.2 Å². The normalized spacial score (nSPS) is 19.8. The molecule has 6 amide bonds. The Morgan fingerprint density at radius 2 is 0.663 bits per heavy atom. The molecule has 0 aliphatic heterocycles. The molecule has 0 aromatic carbocycles. The highest BCUT2D eigenvalue weighted by atomic mass is 32.1. The summed E-state index contributed by atoms with van der Waals surface area (Å²) in [6.45, 7) is 31.2. The van der Waals surface area contributed by atoms with E-state index < -0.39 is 60.1 Å². The maximum atomic E-state index is 14.0. The van der Waals surface area contributed by atoms with Crippen molar-refractivity contribution in [1.29, 1.82) is 0 Å². The SMILES string of the molecule is CC1CCC(C(=O)N(c2cc(C#CC(C)(C)C)sc2C(=O)O)[C@H](C(=O)N(C)C)[C@@H](C)O)CC1.COC(=O)c1sc(C#CC(C)(C)C)cc1N(C(=O)C1CCC(C)CC1)[C@H](C(=O)N(C)C)C(C)C.COC(=O)c1sc(C#CC(C)(C)C)cc1N(C(=O)C1CCC(C)CC1)[C@H](C(=O)N(C)C)[C@@H](C)O.